The maximum Gasteiger partial charge on any atom is 0.360 e. The second kappa shape index (κ2) is 12.7. The SMILES string of the molecule is CCCc1c(Cc2ccc(-c3ccccc3C#N)cc2)c(=O)n(C2CCC(c3ocnc3C(=O)OCC)CC2)c2ncnn12. The highest BCUT2D eigenvalue weighted by atomic mass is 16.5. The van der Waals surface area contributed by atoms with Crippen LogP contribution in [0.3, 0.4) is 0 Å². The summed E-state index contributed by atoms with van der Waals surface area (Å²) in [6.45, 7) is 4.12. The van der Waals surface area contributed by atoms with Crippen LogP contribution < -0.4 is 5.56 Å². The highest BCUT2D eigenvalue weighted by molar-refractivity contribution is 5.88. The van der Waals surface area contributed by atoms with Crippen molar-refractivity contribution in [1.82, 2.24) is 24.1 Å². The first kappa shape index (κ1) is 29.1. The van der Waals surface area contributed by atoms with Gasteiger partial charge in [-0.25, -0.2) is 14.3 Å². The lowest BCUT2D eigenvalue weighted by atomic mass is 9.83. The molecule has 0 unspecified atom stereocenters. The number of nitriles is 1. The maximum absolute atomic E-state index is 14.3. The van der Waals surface area contributed by atoms with Gasteiger partial charge in [0.15, 0.2) is 12.1 Å². The van der Waals surface area contributed by atoms with Crippen LogP contribution in [0.4, 0.5) is 0 Å². The van der Waals surface area contributed by atoms with Gasteiger partial charge in [-0.2, -0.15) is 15.3 Å². The smallest absolute Gasteiger partial charge is 0.360 e. The summed E-state index contributed by atoms with van der Waals surface area (Å²) >= 11 is 0. The standard InChI is InChI=1S/C34H34N6O4/c1-3-7-29-28(18-22-10-12-23(13-11-22)27-9-6-5-8-25(27)19-35)32(41)39(34-36-20-38-40(29)34)26-16-14-24(15-17-26)31-30(37-21-44-31)33(42)43-4-2/h5-6,8-13,20-21,24,26H,3-4,7,14-18H2,1-2H3. The number of fused-ring (bicyclic) bond motifs is 1. The van der Waals surface area contributed by atoms with Crippen molar-refractivity contribution >= 4 is 11.7 Å². The highest BCUT2D eigenvalue weighted by Crippen LogP contribution is 2.39. The number of ether oxygens (including phenoxy) is 1. The number of benzene rings is 2. The topological polar surface area (TPSA) is 128 Å². The molecular formula is C34H34N6O4. The number of oxazole rings is 1. The average Bonchev–Trinajstić information content (AvgIpc) is 3.74. The molecule has 1 aliphatic carbocycles. The van der Waals surface area contributed by atoms with Crippen LogP contribution in [0.2, 0.25) is 0 Å². The van der Waals surface area contributed by atoms with Gasteiger partial charge in [0.25, 0.3) is 5.56 Å². The van der Waals surface area contributed by atoms with Crippen LogP contribution in [-0.4, -0.2) is 36.7 Å². The lowest BCUT2D eigenvalue weighted by Gasteiger charge is -2.29. The first-order valence-electron chi connectivity index (χ1n) is 15.2. The Kier molecular flexibility index (Phi) is 8.37. The molecule has 0 bridgehead atoms. The number of aryl methyl sites for hydroxylation is 1. The van der Waals surface area contributed by atoms with E-state index in [4.69, 9.17) is 9.15 Å². The predicted molar refractivity (Wildman–Crippen MR) is 163 cm³/mol. The van der Waals surface area contributed by atoms with Gasteiger partial charge in [-0.1, -0.05) is 55.8 Å². The van der Waals surface area contributed by atoms with E-state index in [1.807, 2.05) is 57.6 Å². The van der Waals surface area contributed by atoms with E-state index in [1.165, 1.54) is 12.7 Å². The van der Waals surface area contributed by atoms with Gasteiger partial charge in [-0.3, -0.25) is 9.36 Å². The van der Waals surface area contributed by atoms with E-state index in [0.717, 1.165) is 60.1 Å². The Morgan fingerprint density at radius 2 is 1.84 bits per heavy atom. The molecule has 0 amide bonds. The molecule has 10 heteroatoms. The van der Waals surface area contributed by atoms with E-state index < -0.39 is 5.97 Å². The Balaban J connectivity index is 1.31. The van der Waals surface area contributed by atoms with Crippen molar-refractivity contribution in [2.75, 3.05) is 6.61 Å². The summed E-state index contributed by atoms with van der Waals surface area (Å²) in [4.78, 5) is 35.4. The third-order valence-corrected chi connectivity index (χ3v) is 8.50. The number of hydrogen-bond acceptors (Lipinski definition) is 8. The summed E-state index contributed by atoms with van der Waals surface area (Å²) in [7, 11) is 0. The molecule has 0 spiro atoms. The minimum atomic E-state index is -0.474. The quantitative estimate of drug-likeness (QED) is 0.190. The highest BCUT2D eigenvalue weighted by Gasteiger charge is 2.32. The van der Waals surface area contributed by atoms with Crippen molar-refractivity contribution in [2.24, 2.45) is 0 Å². The van der Waals surface area contributed by atoms with Gasteiger partial charge in [-0.15, -0.1) is 0 Å². The van der Waals surface area contributed by atoms with Crippen LogP contribution in [-0.2, 0) is 17.6 Å². The Hall–Kier alpha value is -5.04. The molecule has 5 aromatic rings. The third-order valence-electron chi connectivity index (χ3n) is 8.50. The van der Waals surface area contributed by atoms with Crippen molar-refractivity contribution in [1.29, 1.82) is 5.26 Å². The molecule has 0 aliphatic heterocycles. The van der Waals surface area contributed by atoms with Crippen molar-refractivity contribution in [3.05, 3.63) is 105 Å². The Bertz CT molecular complexity index is 1890. The van der Waals surface area contributed by atoms with Crippen LogP contribution in [0.25, 0.3) is 16.9 Å². The molecule has 10 nitrogen and oxygen atoms in total. The minimum absolute atomic E-state index is 0.0151. The van der Waals surface area contributed by atoms with Gasteiger partial charge < -0.3 is 9.15 Å². The van der Waals surface area contributed by atoms with Crippen LogP contribution in [0.15, 0.2) is 70.5 Å². The molecule has 224 valence electrons. The summed E-state index contributed by atoms with van der Waals surface area (Å²) in [5, 5.41) is 14.1. The monoisotopic (exact) mass is 590 g/mol. The number of aromatic nitrogens is 5. The molecule has 0 saturated heterocycles. The molecule has 0 N–H and O–H groups in total. The molecule has 6 rings (SSSR count). The summed E-state index contributed by atoms with van der Waals surface area (Å²) in [5.41, 5.74) is 5.27. The van der Waals surface area contributed by atoms with E-state index in [2.05, 4.69) is 28.1 Å². The van der Waals surface area contributed by atoms with E-state index in [9.17, 15) is 14.9 Å². The molecule has 3 heterocycles. The van der Waals surface area contributed by atoms with Gasteiger partial charge in [0.2, 0.25) is 5.78 Å². The number of carbonyl (C=O) groups excluding carboxylic acids is 1. The molecule has 0 atom stereocenters. The molecular weight excluding hydrogens is 556 g/mol. The van der Waals surface area contributed by atoms with E-state index >= 15 is 0 Å². The second-order valence-electron chi connectivity index (χ2n) is 11.1. The zero-order valence-electron chi connectivity index (χ0n) is 24.9. The Morgan fingerprint density at radius 1 is 1.07 bits per heavy atom. The summed E-state index contributed by atoms with van der Waals surface area (Å²) < 4.78 is 14.5. The lowest BCUT2D eigenvalue weighted by Crippen LogP contribution is -2.34. The van der Waals surface area contributed by atoms with Crippen LogP contribution in [0, 0.1) is 11.3 Å². The van der Waals surface area contributed by atoms with Gasteiger partial charge >= 0.3 is 5.97 Å². The minimum Gasteiger partial charge on any atom is -0.461 e. The first-order chi connectivity index (χ1) is 21.5. The molecule has 44 heavy (non-hydrogen) atoms. The number of hydrogen-bond donors (Lipinski definition) is 0. The summed E-state index contributed by atoms with van der Waals surface area (Å²) in [5.74, 6) is 0.655. The number of nitrogens with zero attached hydrogens (tertiary/aromatic N) is 6. The zero-order chi connectivity index (χ0) is 30.6. The fraction of sp³-hybridized carbons (Fsp3) is 0.353. The van der Waals surface area contributed by atoms with Crippen LogP contribution in [0.5, 0.6) is 0 Å². The maximum atomic E-state index is 14.3. The van der Waals surface area contributed by atoms with Gasteiger partial charge in [-0.05, 0) is 61.8 Å². The fourth-order valence-corrected chi connectivity index (χ4v) is 6.41. The number of rotatable bonds is 9. The number of esters is 1. The van der Waals surface area contributed by atoms with Crippen LogP contribution in [0.1, 0.15) is 96.5 Å². The third kappa shape index (κ3) is 5.41. The lowest BCUT2D eigenvalue weighted by molar-refractivity contribution is 0.0516. The largest absolute Gasteiger partial charge is 0.461 e. The first-order valence-corrected chi connectivity index (χ1v) is 15.2. The molecule has 1 fully saturated rings. The van der Waals surface area contributed by atoms with Crippen molar-refractivity contribution in [2.45, 2.75) is 70.8 Å². The van der Waals surface area contributed by atoms with E-state index in [-0.39, 0.29) is 29.8 Å². The van der Waals surface area contributed by atoms with Crippen LogP contribution >= 0.6 is 0 Å². The zero-order valence-corrected chi connectivity index (χ0v) is 24.9. The predicted octanol–water partition coefficient (Wildman–Crippen LogP) is 6.04. The molecule has 2 aromatic carbocycles. The second-order valence-corrected chi connectivity index (χ2v) is 11.1. The van der Waals surface area contributed by atoms with E-state index in [1.54, 1.807) is 6.92 Å². The van der Waals surface area contributed by atoms with Gasteiger partial charge in [0.05, 0.1) is 23.9 Å². The van der Waals surface area contributed by atoms with Gasteiger partial charge in [0.1, 0.15) is 12.1 Å². The Morgan fingerprint density at radius 3 is 2.57 bits per heavy atom. The van der Waals surface area contributed by atoms with Crippen molar-refractivity contribution < 1.29 is 13.9 Å². The molecule has 1 aliphatic rings. The van der Waals surface area contributed by atoms with Crippen molar-refractivity contribution in [3.63, 3.8) is 0 Å². The summed E-state index contributed by atoms with van der Waals surface area (Å²) in [6, 6.07) is 17.8. The normalized spacial score (nSPS) is 16.6. The average molecular weight is 591 g/mol. The van der Waals surface area contributed by atoms with Crippen molar-refractivity contribution in [3.8, 4) is 17.2 Å². The van der Waals surface area contributed by atoms with Gasteiger partial charge in [0, 0.05) is 23.9 Å². The van der Waals surface area contributed by atoms with E-state index in [0.29, 0.717) is 29.9 Å². The fourth-order valence-electron chi connectivity index (χ4n) is 6.41. The molecule has 1 saturated carbocycles. The Labute approximate surface area is 255 Å². The molecule has 3 aromatic heterocycles. The number of carbonyl (C=O) groups is 1. The summed E-state index contributed by atoms with van der Waals surface area (Å²) in [6.07, 6.45) is 7.74. The molecule has 0 radical (unpaired) electrons.